The van der Waals surface area contributed by atoms with E-state index in [0.717, 1.165) is 17.7 Å². The first-order valence-electron chi connectivity index (χ1n) is 11.0. The van der Waals surface area contributed by atoms with E-state index in [1.165, 1.54) is 12.1 Å². The zero-order chi connectivity index (χ0) is 22.7. The molecule has 0 unspecified atom stereocenters. The van der Waals surface area contributed by atoms with Crippen molar-refractivity contribution in [3.8, 4) is 0 Å². The van der Waals surface area contributed by atoms with Gasteiger partial charge in [-0.15, -0.1) is 11.8 Å². The minimum Gasteiger partial charge on any atom is -0.342 e. The number of piperidine rings is 1. The number of nitro groups is 1. The largest absolute Gasteiger partial charge is 0.342 e. The Balaban J connectivity index is 1.47. The van der Waals surface area contributed by atoms with Gasteiger partial charge in [-0.25, -0.2) is 0 Å². The van der Waals surface area contributed by atoms with Crippen LogP contribution in [0.3, 0.4) is 0 Å². The number of hydrogen-bond donors (Lipinski definition) is 0. The van der Waals surface area contributed by atoms with Crippen LogP contribution in [0.25, 0.3) is 0 Å². The van der Waals surface area contributed by atoms with Gasteiger partial charge in [0.05, 0.1) is 15.7 Å². The van der Waals surface area contributed by atoms with Gasteiger partial charge in [0.1, 0.15) is 0 Å². The maximum atomic E-state index is 13.3. The van der Waals surface area contributed by atoms with E-state index in [1.807, 2.05) is 47.1 Å². The van der Waals surface area contributed by atoms with Crippen LogP contribution in [0.15, 0.2) is 54.6 Å². The standard InChI is InChI=1S/C24H27N3O4S/c1-2-21(18-7-4-3-5-8-18)23(29)25-13-11-24(12-14-25)26(15-16-32-24)22(28)19-9-6-10-20(17-19)27(30)31/h3-10,17,21H,2,11-16H2,1H3/t21-/m1/s1. The van der Waals surface area contributed by atoms with Gasteiger partial charge >= 0.3 is 0 Å². The van der Waals surface area contributed by atoms with E-state index in [0.29, 0.717) is 38.0 Å². The fraction of sp³-hybridized carbons (Fsp3) is 0.417. The Morgan fingerprint density at radius 2 is 1.81 bits per heavy atom. The Labute approximate surface area is 191 Å². The zero-order valence-corrected chi connectivity index (χ0v) is 18.9. The summed E-state index contributed by atoms with van der Waals surface area (Å²) in [5, 5.41) is 11.1. The number of carbonyl (C=O) groups excluding carboxylic acids is 2. The molecule has 1 atom stereocenters. The van der Waals surface area contributed by atoms with Gasteiger partial charge in [-0.3, -0.25) is 19.7 Å². The number of non-ortho nitro benzene ring substituents is 1. The van der Waals surface area contributed by atoms with Crippen molar-refractivity contribution in [2.24, 2.45) is 0 Å². The second kappa shape index (κ2) is 9.32. The molecule has 0 radical (unpaired) electrons. The van der Waals surface area contributed by atoms with Crippen LogP contribution in [0, 0.1) is 10.1 Å². The van der Waals surface area contributed by atoms with Crippen LogP contribution in [0.5, 0.6) is 0 Å². The highest BCUT2D eigenvalue weighted by atomic mass is 32.2. The molecular formula is C24H27N3O4S. The van der Waals surface area contributed by atoms with Crippen LogP contribution in [-0.2, 0) is 4.79 Å². The Morgan fingerprint density at radius 1 is 1.09 bits per heavy atom. The van der Waals surface area contributed by atoms with Gasteiger partial charge in [-0.2, -0.15) is 0 Å². The van der Waals surface area contributed by atoms with Gasteiger partial charge in [0.15, 0.2) is 0 Å². The fourth-order valence-electron chi connectivity index (χ4n) is 4.75. The van der Waals surface area contributed by atoms with Crippen LogP contribution in [0.4, 0.5) is 5.69 Å². The smallest absolute Gasteiger partial charge is 0.270 e. The van der Waals surface area contributed by atoms with E-state index in [2.05, 4.69) is 0 Å². The Kier molecular flexibility index (Phi) is 6.50. The maximum Gasteiger partial charge on any atom is 0.270 e. The number of amides is 2. The van der Waals surface area contributed by atoms with E-state index in [1.54, 1.807) is 23.9 Å². The van der Waals surface area contributed by atoms with E-state index >= 15 is 0 Å². The van der Waals surface area contributed by atoms with Gasteiger partial charge in [-0.05, 0) is 30.9 Å². The molecule has 0 bridgehead atoms. The second-order valence-corrected chi connectivity index (χ2v) is 9.71. The number of hydrogen-bond acceptors (Lipinski definition) is 5. The summed E-state index contributed by atoms with van der Waals surface area (Å²) < 4.78 is 0. The Morgan fingerprint density at radius 3 is 2.47 bits per heavy atom. The minimum absolute atomic E-state index is 0.0799. The molecule has 2 saturated heterocycles. The van der Waals surface area contributed by atoms with Crippen molar-refractivity contribution in [2.75, 3.05) is 25.4 Å². The number of thioether (sulfide) groups is 1. The predicted molar refractivity (Wildman–Crippen MR) is 125 cm³/mol. The van der Waals surface area contributed by atoms with E-state index < -0.39 is 4.92 Å². The van der Waals surface area contributed by atoms with Crippen molar-refractivity contribution in [3.05, 3.63) is 75.8 Å². The molecule has 2 amide bonds. The minimum atomic E-state index is -0.480. The first-order chi connectivity index (χ1) is 15.4. The summed E-state index contributed by atoms with van der Waals surface area (Å²) in [5.41, 5.74) is 1.30. The monoisotopic (exact) mass is 453 g/mol. The summed E-state index contributed by atoms with van der Waals surface area (Å²) in [6.07, 6.45) is 2.15. The first-order valence-corrected chi connectivity index (χ1v) is 12.0. The van der Waals surface area contributed by atoms with Gasteiger partial charge in [-0.1, -0.05) is 43.3 Å². The van der Waals surface area contributed by atoms with Crippen LogP contribution in [0.1, 0.15) is 48.0 Å². The molecule has 0 N–H and O–H groups in total. The molecular weight excluding hydrogens is 426 g/mol. The van der Waals surface area contributed by atoms with E-state index in [9.17, 15) is 19.7 Å². The third kappa shape index (κ3) is 4.24. The topological polar surface area (TPSA) is 83.8 Å². The summed E-state index contributed by atoms with van der Waals surface area (Å²) in [6, 6.07) is 15.8. The summed E-state index contributed by atoms with van der Waals surface area (Å²) in [6.45, 7) is 3.86. The Hall–Kier alpha value is -2.87. The lowest BCUT2D eigenvalue weighted by molar-refractivity contribution is -0.384. The number of benzene rings is 2. The molecule has 2 aromatic carbocycles. The highest BCUT2D eigenvalue weighted by Gasteiger charge is 2.47. The molecule has 0 aromatic heterocycles. The molecule has 7 nitrogen and oxygen atoms in total. The molecule has 2 heterocycles. The molecule has 0 aliphatic carbocycles. The number of likely N-dealkylation sites (tertiary alicyclic amines) is 1. The first kappa shape index (κ1) is 22.3. The number of rotatable bonds is 5. The van der Waals surface area contributed by atoms with E-state index in [4.69, 9.17) is 0 Å². The van der Waals surface area contributed by atoms with Crippen LogP contribution < -0.4 is 0 Å². The molecule has 2 aliphatic rings. The number of nitro benzene ring substituents is 1. The summed E-state index contributed by atoms with van der Waals surface area (Å²) in [5.74, 6) is 0.655. The second-order valence-electron chi connectivity index (χ2n) is 8.26. The zero-order valence-electron chi connectivity index (χ0n) is 18.1. The van der Waals surface area contributed by atoms with E-state index in [-0.39, 0.29) is 28.3 Å². The average Bonchev–Trinajstić information content (AvgIpc) is 3.23. The summed E-state index contributed by atoms with van der Waals surface area (Å²) >= 11 is 1.76. The molecule has 32 heavy (non-hydrogen) atoms. The van der Waals surface area contributed by atoms with Crippen LogP contribution >= 0.6 is 11.8 Å². The summed E-state index contributed by atoms with van der Waals surface area (Å²) in [4.78, 5) is 40.6. The predicted octanol–water partition coefficient (Wildman–Crippen LogP) is 4.30. The lowest BCUT2D eigenvalue weighted by Gasteiger charge is -2.44. The van der Waals surface area contributed by atoms with Crippen molar-refractivity contribution < 1.29 is 14.5 Å². The van der Waals surface area contributed by atoms with Crippen molar-refractivity contribution >= 4 is 29.3 Å². The molecule has 2 fully saturated rings. The Bertz CT molecular complexity index is 1010. The third-order valence-corrected chi connectivity index (χ3v) is 8.04. The number of carbonyl (C=O) groups is 2. The normalized spacial score (nSPS) is 18.5. The van der Waals surface area contributed by atoms with Crippen molar-refractivity contribution in [2.45, 2.75) is 37.0 Å². The maximum absolute atomic E-state index is 13.3. The van der Waals surface area contributed by atoms with Gasteiger partial charge in [0.25, 0.3) is 11.6 Å². The van der Waals surface area contributed by atoms with Crippen LogP contribution in [0.2, 0.25) is 0 Å². The van der Waals surface area contributed by atoms with Gasteiger partial charge in [0, 0.05) is 43.1 Å². The molecule has 168 valence electrons. The summed E-state index contributed by atoms with van der Waals surface area (Å²) in [7, 11) is 0. The quantitative estimate of drug-likeness (QED) is 0.498. The molecule has 4 rings (SSSR count). The van der Waals surface area contributed by atoms with Crippen LogP contribution in [-0.4, -0.2) is 56.8 Å². The van der Waals surface area contributed by atoms with Crippen molar-refractivity contribution in [3.63, 3.8) is 0 Å². The lowest BCUT2D eigenvalue weighted by atomic mass is 9.93. The fourth-order valence-corrected chi connectivity index (χ4v) is 6.21. The van der Waals surface area contributed by atoms with Crippen molar-refractivity contribution in [1.29, 1.82) is 0 Å². The molecule has 1 spiro atoms. The van der Waals surface area contributed by atoms with Gasteiger partial charge in [0.2, 0.25) is 5.91 Å². The van der Waals surface area contributed by atoms with Crippen molar-refractivity contribution in [1.82, 2.24) is 9.80 Å². The SMILES string of the molecule is CC[C@@H](C(=O)N1CCC2(CC1)SCCN2C(=O)c1cccc([N+](=O)[O-])c1)c1ccccc1. The highest BCUT2D eigenvalue weighted by molar-refractivity contribution is 8.00. The molecule has 2 aliphatic heterocycles. The lowest BCUT2D eigenvalue weighted by Crippen LogP contribution is -2.54. The highest BCUT2D eigenvalue weighted by Crippen LogP contribution is 2.45. The molecule has 8 heteroatoms. The molecule has 2 aromatic rings. The molecule has 0 saturated carbocycles. The number of nitrogens with zero attached hydrogens (tertiary/aromatic N) is 3. The average molecular weight is 454 g/mol. The van der Waals surface area contributed by atoms with Gasteiger partial charge < -0.3 is 9.80 Å². The third-order valence-electron chi connectivity index (χ3n) is 6.49.